The van der Waals surface area contributed by atoms with Gasteiger partial charge in [0.15, 0.2) is 0 Å². The van der Waals surface area contributed by atoms with Gasteiger partial charge in [0.05, 0.1) is 18.8 Å². The molecule has 0 bridgehead atoms. The van der Waals surface area contributed by atoms with Gasteiger partial charge in [-0.25, -0.2) is 0 Å². The summed E-state index contributed by atoms with van der Waals surface area (Å²) in [6.07, 6.45) is 2.56. The Morgan fingerprint density at radius 2 is 1.80 bits per heavy atom. The molecule has 0 amide bonds. The molecule has 30 heavy (non-hydrogen) atoms. The fraction of sp³-hybridized carbons (Fsp3) is 0.520. The topological polar surface area (TPSA) is 24.9 Å². The summed E-state index contributed by atoms with van der Waals surface area (Å²) in [5.74, 6) is 0. The molecule has 0 unspecified atom stereocenters. The number of morpholine rings is 1. The van der Waals surface area contributed by atoms with Gasteiger partial charge in [-0.05, 0) is 43.0 Å². The Bertz CT molecular complexity index is 785. The highest BCUT2D eigenvalue weighted by Gasteiger charge is 2.39. The maximum atomic E-state index is 6.08. The van der Waals surface area contributed by atoms with E-state index in [-0.39, 0.29) is 12.2 Å². The van der Waals surface area contributed by atoms with Crippen LogP contribution in [0.5, 0.6) is 0 Å². The van der Waals surface area contributed by atoms with Crippen LogP contribution in [0.25, 0.3) is 0 Å². The molecule has 0 N–H and O–H groups in total. The van der Waals surface area contributed by atoms with Crippen LogP contribution < -0.4 is 0 Å². The molecule has 4 atom stereocenters. The largest absolute Gasteiger partial charge is 0.378 e. The highest BCUT2D eigenvalue weighted by molar-refractivity contribution is 6.30. The summed E-state index contributed by atoms with van der Waals surface area (Å²) in [6.45, 7) is 6.96. The maximum absolute atomic E-state index is 6.08. The number of hydrogen-bond donors (Lipinski definition) is 0. The third kappa shape index (κ3) is 5.43. The summed E-state index contributed by atoms with van der Waals surface area (Å²) in [7, 11) is 1.86. The molecule has 2 heterocycles. The van der Waals surface area contributed by atoms with Gasteiger partial charge in [0, 0.05) is 50.4 Å². The molecule has 2 aliphatic rings. The van der Waals surface area contributed by atoms with Crippen LogP contribution in [0.4, 0.5) is 0 Å². The summed E-state index contributed by atoms with van der Waals surface area (Å²) in [5, 5.41) is 0.786. The van der Waals surface area contributed by atoms with E-state index in [2.05, 4.69) is 59.2 Å². The number of rotatable bonds is 6. The van der Waals surface area contributed by atoms with E-state index in [9.17, 15) is 0 Å². The van der Waals surface area contributed by atoms with Crippen LogP contribution in [-0.2, 0) is 22.4 Å². The highest BCUT2D eigenvalue weighted by Crippen LogP contribution is 2.27. The zero-order chi connectivity index (χ0) is 20.9. The minimum absolute atomic E-state index is 0.209. The van der Waals surface area contributed by atoms with E-state index in [1.807, 2.05) is 19.2 Å². The van der Waals surface area contributed by atoms with Crippen molar-refractivity contribution in [1.82, 2.24) is 9.80 Å². The molecule has 0 spiro atoms. The molecule has 162 valence electrons. The molecular weight excluding hydrogens is 396 g/mol. The van der Waals surface area contributed by atoms with Crippen LogP contribution >= 0.6 is 11.6 Å². The van der Waals surface area contributed by atoms with Crippen LogP contribution in [0.15, 0.2) is 54.6 Å². The van der Waals surface area contributed by atoms with Crippen molar-refractivity contribution in [2.75, 3.05) is 33.4 Å². The van der Waals surface area contributed by atoms with Gasteiger partial charge < -0.3 is 9.47 Å². The smallest absolute Gasteiger partial charge is 0.0853 e. The van der Waals surface area contributed by atoms with Gasteiger partial charge in [-0.1, -0.05) is 54.1 Å². The number of methoxy groups -OCH3 is 1. The van der Waals surface area contributed by atoms with Gasteiger partial charge in [0.2, 0.25) is 0 Å². The van der Waals surface area contributed by atoms with Crippen LogP contribution in [0.3, 0.4) is 0 Å². The second kappa shape index (κ2) is 10.3. The van der Waals surface area contributed by atoms with Gasteiger partial charge in [0.25, 0.3) is 0 Å². The quantitative estimate of drug-likeness (QED) is 0.686. The van der Waals surface area contributed by atoms with E-state index in [1.165, 1.54) is 11.1 Å². The lowest BCUT2D eigenvalue weighted by Crippen LogP contribution is -2.61. The molecule has 0 aliphatic carbocycles. The Labute approximate surface area is 185 Å². The lowest BCUT2D eigenvalue weighted by atomic mass is 9.94. The molecule has 2 aromatic carbocycles. The number of piperidine rings is 1. The van der Waals surface area contributed by atoms with Crippen molar-refractivity contribution in [3.05, 3.63) is 70.7 Å². The summed E-state index contributed by atoms with van der Waals surface area (Å²) in [5.41, 5.74) is 2.68. The molecule has 2 fully saturated rings. The molecule has 4 rings (SSSR count). The average molecular weight is 429 g/mol. The zero-order valence-electron chi connectivity index (χ0n) is 18.0. The zero-order valence-corrected chi connectivity index (χ0v) is 18.8. The van der Waals surface area contributed by atoms with Crippen molar-refractivity contribution in [3.63, 3.8) is 0 Å². The first kappa shape index (κ1) is 21.8. The standard InChI is InChI=1S/C25H33ClN2O2/c1-19-15-28(23(18-30-19)14-20-8-10-22(26)11-9-20)24-12-13-27(17-25(24)29-2)16-21-6-4-3-5-7-21/h3-11,19,23-25H,12-18H2,1-2H3/t19-,23-,24+,25+/m0/s1. The number of nitrogens with zero attached hydrogens (tertiary/aromatic N) is 2. The number of halogens is 1. The highest BCUT2D eigenvalue weighted by atomic mass is 35.5. The summed E-state index contributed by atoms with van der Waals surface area (Å²) in [6, 6.07) is 19.7. The molecule has 4 nitrogen and oxygen atoms in total. The fourth-order valence-electron chi connectivity index (χ4n) is 4.91. The van der Waals surface area contributed by atoms with E-state index in [0.29, 0.717) is 12.1 Å². The number of likely N-dealkylation sites (tertiary alicyclic amines) is 1. The minimum Gasteiger partial charge on any atom is -0.378 e. The monoisotopic (exact) mass is 428 g/mol. The lowest BCUT2D eigenvalue weighted by molar-refractivity contribution is -0.115. The van der Waals surface area contributed by atoms with Gasteiger partial charge in [-0.15, -0.1) is 0 Å². The van der Waals surface area contributed by atoms with Crippen molar-refractivity contribution in [1.29, 1.82) is 0 Å². The van der Waals surface area contributed by atoms with Gasteiger partial charge in [-0.3, -0.25) is 9.80 Å². The summed E-state index contributed by atoms with van der Waals surface area (Å²) >= 11 is 6.08. The Morgan fingerprint density at radius 1 is 1.03 bits per heavy atom. The number of ether oxygens (including phenoxy) is 2. The summed E-state index contributed by atoms with van der Waals surface area (Å²) < 4.78 is 12.1. The first-order valence-corrected chi connectivity index (χ1v) is 11.4. The SMILES string of the molecule is CO[C@@H]1CN(Cc2ccccc2)CC[C@H]1N1C[C@H](C)OC[C@@H]1Cc1ccc(Cl)cc1. The van der Waals surface area contributed by atoms with E-state index in [4.69, 9.17) is 21.1 Å². The molecule has 0 aromatic heterocycles. The van der Waals surface area contributed by atoms with Crippen LogP contribution in [0, 0.1) is 0 Å². The molecule has 0 saturated carbocycles. The first-order chi connectivity index (χ1) is 14.6. The van der Waals surface area contributed by atoms with Gasteiger partial charge >= 0.3 is 0 Å². The normalized spacial score (nSPS) is 28.5. The van der Waals surface area contributed by atoms with E-state index in [1.54, 1.807) is 0 Å². The maximum Gasteiger partial charge on any atom is 0.0853 e. The first-order valence-electron chi connectivity index (χ1n) is 11.0. The molecule has 0 radical (unpaired) electrons. The van der Waals surface area contributed by atoms with E-state index >= 15 is 0 Å². The van der Waals surface area contributed by atoms with Crippen LogP contribution in [0.1, 0.15) is 24.5 Å². The second-order valence-electron chi connectivity index (χ2n) is 8.68. The fourth-order valence-corrected chi connectivity index (χ4v) is 5.04. The van der Waals surface area contributed by atoms with Crippen molar-refractivity contribution in [2.45, 2.75) is 50.6 Å². The third-order valence-electron chi connectivity index (χ3n) is 6.48. The molecule has 2 aromatic rings. The third-order valence-corrected chi connectivity index (χ3v) is 6.73. The minimum atomic E-state index is 0.209. The Balaban J connectivity index is 1.44. The lowest BCUT2D eigenvalue weighted by Gasteiger charge is -2.49. The van der Waals surface area contributed by atoms with Crippen molar-refractivity contribution in [3.8, 4) is 0 Å². The Morgan fingerprint density at radius 3 is 2.53 bits per heavy atom. The van der Waals surface area contributed by atoms with Crippen molar-refractivity contribution >= 4 is 11.6 Å². The summed E-state index contributed by atoms with van der Waals surface area (Å²) in [4.78, 5) is 5.19. The Hall–Kier alpha value is -1.43. The predicted octanol–water partition coefficient (Wildman–Crippen LogP) is 4.26. The molecule has 2 saturated heterocycles. The predicted molar refractivity (Wildman–Crippen MR) is 122 cm³/mol. The van der Waals surface area contributed by atoms with Gasteiger partial charge in [0.1, 0.15) is 0 Å². The number of hydrogen-bond acceptors (Lipinski definition) is 4. The average Bonchev–Trinajstić information content (AvgIpc) is 2.77. The molecule has 5 heteroatoms. The van der Waals surface area contributed by atoms with Crippen molar-refractivity contribution < 1.29 is 9.47 Å². The van der Waals surface area contributed by atoms with E-state index < -0.39 is 0 Å². The molecule has 2 aliphatic heterocycles. The van der Waals surface area contributed by atoms with Crippen LogP contribution in [0.2, 0.25) is 5.02 Å². The number of benzene rings is 2. The van der Waals surface area contributed by atoms with Crippen molar-refractivity contribution in [2.24, 2.45) is 0 Å². The molecular formula is C25H33ClN2O2. The van der Waals surface area contributed by atoms with Gasteiger partial charge in [-0.2, -0.15) is 0 Å². The van der Waals surface area contributed by atoms with E-state index in [0.717, 1.165) is 50.7 Å². The second-order valence-corrected chi connectivity index (χ2v) is 9.11. The van der Waals surface area contributed by atoms with Crippen LogP contribution in [-0.4, -0.2) is 67.4 Å². The Kier molecular flexibility index (Phi) is 7.45.